The first kappa shape index (κ1) is 9.39. The lowest BCUT2D eigenvalue weighted by molar-refractivity contribution is -0.339. The Hall–Kier alpha value is -0.610. The van der Waals surface area contributed by atoms with Crippen LogP contribution >= 0.6 is 0 Å². The average Bonchev–Trinajstić information content (AvgIpc) is 2.01. The van der Waals surface area contributed by atoms with E-state index in [9.17, 15) is 4.79 Å². The fourth-order valence-electron chi connectivity index (χ4n) is 0.625. The predicted octanol–water partition coefficient (Wildman–Crippen LogP) is 0.516. The van der Waals surface area contributed by atoms with Gasteiger partial charge in [-0.2, -0.15) is 0 Å². The van der Waals surface area contributed by atoms with E-state index in [0.717, 1.165) is 0 Å². The summed E-state index contributed by atoms with van der Waals surface area (Å²) in [4.78, 5) is 9.91. The monoisotopic (exact) mass is 148 g/mol. The number of rotatable bonds is 5. The van der Waals surface area contributed by atoms with Crippen LogP contribution in [-0.2, 0) is 19.0 Å². The Morgan fingerprint density at radius 3 is 2.00 bits per heavy atom. The third-order valence-corrected chi connectivity index (χ3v) is 1.28. The molecule has 0 aromatic rings. The van der Waals surface area contributed by atoms with Gasteiger partial charge < -0.3 is 14.2 Å². The van der Waals surface area contributed by atoms with E-state index in [0.29, 0.717) is 12.9 Å². The van der Waals surface area contributed by atoms with E-state index in [1.807, 2.05) is 0 Å². The van der Waals surface area contributed by atoms with Crippen LogP contribution in [0.25, 0.3) is 0 Å². The fourth-order valence-corrected chi connectivity index (χ4v) is 0.625. The van der Waals surface area contributed by atoms with Crippen molar-refractivity contribution in [3.8, 4) is 0 Å². The molecule has 0 bridgehead atoms. The highest BCUT2D eigenvalue weighted by molar-refractivity contribution is 5.37. The molecule has 0 rings (SSSR count). The van der Waals surface area contributed by atoms with Crippen molar-refractivity contribution < 1.29 is 19.0 Å². The second-order valence-electron chi connectivity index (χ2n) is 1.66. The maximum absolute atomic E-state index is 9.91. The Labute approximate surface area is 60.1 Å². The summed E-state index contributed by atoms with van der Waals surface area (Å²) < 4.78 is 14.2. The average molecular weight is 148 g/mol. The molecule has 10 heavy (non-hydrogen) atoms. The summed E-state index contributed by atoms with van der Waals surface area (Å²) in [6.07, 6.45) is 0.457. The molecule has 0 N–H and O–H groups in total. The van der Waals surface area contributed by atoms with Gasteiger partial charge in [0.1, 0.15) is 0 Å². The number of methoxy groups -OCH3 is 2. The molecule has 0 saturated heterocycles. The molecule has 0 aliphatic heterocycles. The maximum atomic E-state index is 9.91. The molecule has 0 aromatic carbocycles. The Morgan fingerprint density at radius 1 is 1.40 bits per heavy atom. The predicted molar refractivity (Wildman–Crippen MR) is 34.2 cm³/mol. The Balaban J connectivity index is 4.00. The Morgan fingerprint density at radius 2 is 1.90 bits per heavy atom. The molecule has 4 heteroatoms. The summed E-state index contributed by atoms with van der Waals surface area (Å²) in [5.74, 6) is -1.19. The van der Waals surface area contributed by atoms with Crippen LogP contribution in [0.2, 0.25) is 0 Å². The first-order chi connectivity index (χ1) is 4.74. The quantitative estimate of drug-likeness (QED) is 0.421. The Kier molecular flexibility index (Phi) is 3.99. The van der Waals surface area contributed by atoms with E-state index >= 15 is 0 Å². The highest BCUT2D eigenvalue weighted by Gasteiger charge is 2.28. The number of carbonyl (C=O) groups is 1. The molecule has 0 spiro atoms. The molecule has 0 aromatic heterocycles. The van der Waals surface area contributed by atoms with Crippen LogP contribution in [-0.4, -0.2) is 26.7 Å². The molecular formula is C6H12O4. The number of ether oxygens (including phenoxy) is 3. The standard InChI is InChI=1S/C6H12O4/c1-4-6(8-2,9-3)10-5-7/h5H,4H2,1-3H3. The van der Waals surface area contributed by atoms with Crippen molar-refractivity contribution in [2.24, 2.45) is 0 Å². The van der Waals surface area contributed by atoms with Crippen molar-refractivity contribution in [1.82, 2.24) is 0 Å². The van der Waals surface area contributed by atoms with Gasteiger partial charge in [0.15, 0.2) is 0 Å². The smallest absolute Gasteiger partial charge is 0.328 e. The van der Waals surface area contributed by atoms with Gasteiger partial charge in [-0.3, -0.25) is 4.79 Å². The molecule has 0 heterocycles. The summed E-state index contributed by atoms with van der Waals surface area (Å²) in [5, 5.41) is 0. The van der Waals surface area contributed by atoms with E-state index < -0.39 is 5.97 Å². The SMILES string of the molecule is CCC(OC)(OC)OC=O. The fraction of sp³-hybridized carbons (Fsp3) is 0.833. The normalized spacial score (nSPS) is 11.1. The van der Waals surface area contributed by atoms with Crippen LogP contribution < -0.4 is 0 Å². The summed E-state index contributed by atoms with van der Waals surface area (Å²) in [7, 11) is 2.83. The van der Waals surface area contributed by atoms with Crippen molar-refractivity contribution in [3.63, 3.8) is 0 Å². The molecule has 4 nitrogen and oxygen atoms in total. The molecule has 0 fully saturated rings. The lowest BCUT2D eigenvalue weighted by Gasteiger charge is -2.26. The zero-order chi connectivity index (χ0) is 8.04. The van der Waals surface area contributed by atoms with Crippen LogP contribution in [0.5, 0.6) is 0 Å². The first-order valence-electron chi connectivity index (χ1n) is 2.96. The first-order valence-corrected chi connectivity index (χ1v) is 2.96. The van der Waals surface area contributed by atoms with Crippen LogP contribution in [0, 0.1) is 0 Å². The van der Waals surface area contributed by atoms with Crippen LogP contribution in [0.15, 0.2) is 0 Å². The van der Waals surface area contributed by atoms with Crippen molar-refractivity contribution in [2.75, 3.05) is 14.2 Å². The third-order valence-electron chi connectivity index (χ3n) is 1.28. The Bertz CT molecular complexity index is 89.7. The van der Waals surface area contributed by atoms with Gasteiger partial charge in [0.05, 0.1) is 0 Å². The summed E-state index contributed by atoms with van der Waals surface area (Å²) >= 11 is 0. The summed E-state index contributed by atoms with van der Waals surface area (Å²) in [6.45, 7) is 2.09. The minimum Gasteiger partial charge on any atom is -0.410 e. The molecule has 0 atom stereocenters. The highest BCUT2D eigenvalue weighted by atomic mass is 16.9. The van der Waals surface area contributed by atoms with Crippen LogP contribution in [0.4, 0.5) is 0 Å². The number of carbonyl (C=O) groups excluding carboxylic acids is 1. The van der Waals surface area contributed by atoms with E-state index in [4.69, 9.17) is 9.47 Å². The molecule has 0 aliphatic carbocycles. The summed E-state index contributed by atoms with van der Waals surface area (Å²) in [6, 6.07) is 0. The van der Waals surface area contributed by atoms with Gasteiger partial charge >= 0.3 is 5.97 Å². The molecule has 0 amide bonds. The number of hydrogen-bond donors (Lipinski definition) is 0. The zero-order valence-corrected chi connectivity index (χ0v) is 6.42. The van der Waals surface area contributed by atoms with Gasteiger partial charge in [-0.1, -0.05) is 6.92 Å². The molecule has 0 aliphatic rings. The van der Waals surface area contributed by atoms with Gasteiger partial charge in [0.25, 0.3) is 6.47 Å². The largest absolute Gasteiger partial charge is 0.410 e. The van der Waals surface area contributed by atoms with E-state index in [1.54, 1.807) is 6.92 Å². The van der Waals surface area contributed by atoms with E-state index in [2.05, 4.69) is 4.74 Å². The minimum atomic E-state index is -1.19. The van der Waals surface area contributed by atoms with E-state index in [-0.39, 0.29) is 0 Å². The lowest BCUT2D eigenvalue weighted by atomic mass is 10.4. The van der Waals surface area contributed by atoms with Crippen LogP contribution in [0.1, 0.15) is 13.3 Å². The molecule has 0 radical (unpaired) electrons. The van der Waals surface area contributed by atoms with Gasteiger partial charge in [-0.05, 0) is 0 Å². The minimum absolute atomic E-state index is 0.302. The van der Waals surface area contributed by atoms with Crippen molar-refractivity contribution >= 4 is 6.47 Å². The van der Waals surface area contributed by atoms with Crippen molar-refractivity contribution in [3.05, 3.63) is 0 Å². The second-order valence-corrected chi connectivity index (χ2v) is 1.66. The van der Waals surface area contributed by atoms with Crippen molar-refractivity contribution in [1.29, 1.82) is 0 Å². The topological polar surface area (TPSA) is 44.8 Å². The van der Waals surface area contributed by atoms with Gasteiger partial charge in [0, 0.05) is 20.6 Å². The third kappa shape index (κ3) is 1.97. The summed E-state index contributed by atoms with van der Waals surface area (Å²) in [5.41, 5.74) is 0. The molecule has 0 saturated carbocycles. The zero-order valence-electron chi connectivity index (χ0n) is 6.42. The second kappa shape index (κ2) is 4.24. The maximum Gasteiger partial charge on any atom is 0.328 e. The molecule has 60 valence electrons. The lowest BCUT2D eigenvalue weighted by Crippen LogP contribution is -2.35. The van der Waals surface area contributed by atoms with Gasteiger partial charge in [0.2, 0.25) is 0 Å². The molecular weight excluding hydrogens is 136 g/mol. The highest BCUT2D eigenvalue weighted by Crippen LogP contribution is 2.15. The van der Waals surface area contributed by atoms with Gasteiger partial charge in [-0.25, -0.2) is 0 Å². The van der Waals surface area contributed by atoms with Gasteiger partial charge in [-0.15, -0.1) is 0 Å². The molecule has 0 unspecified atom stereocenters. The van der Waals surface area contributed by atoms with Crippen molar-refractivity contribution in [2.45, 2.75) is 19.3 Å². The number of hydrogen-bond acceptors (Lipinski definition) is 4. The van der Waals surface area contributed by atoms with E-state index in [1.165, 1.54) is 14.2 Å². The van der Waals surface area contributed by atoms with Crippen LogP contribution in [0.3, 0.4) is 0 Å².